The van der Waals surface area contributed by atoms with Gasteiger partial charge in [-0.15, -0.1) is 81.2 Å². The van der Waals surface area contributed by atoms with Crippen molar-refractivity contribution in [3.63, 3.8) is 0 Å². The molecule has 0 aliphatic rings. The predicted molar refractivity (Wildman–Crippen MR) is 107 cm³/mol. The molecule has 0 unspecified atom stereocenters. The molecule has 0 aromatic heterocycles. The second kappa shape index (κ2) is 11.2. The van der Waals surface area contributed by atoms with Crippen LogP contribution in [0.4, 0.5) is 0 Å². The Morgan fingerprint density at radius 2 is 1.00 bits per heavy atom. The molecule has 4 rings (SSSR count). The molecule has 2 radical (unpaired) electrons. The third kappa shape index (κ3) is 5.90. The number of rotatable bonds is 0. The van der Waals surface area contributed by atoms with Crippen LogP contribution in [0.3, 0.4) is 0 Å². The SMILES string of the molecule is Cc1cc2ccccc2[cH-]1.Cc1cc2ccccc2[cH-]1.[CH3-].[CH3-].[Si]=[Ti]. The third-order valence-corrected chi connectivity index (χ3v) is 3.52. The van der Waals surface area contributed by atoms with Crippen LogP contribution in [-0.2, 0) is 19.2 Å². The molecule has 24 heavy (non-hydrogen) atoms. The summed E-state index contributed by atoms with van der Waals surface area (Å²) in [4.78, 5) is 0. The first-order chi connectivity index (χ1) is 10.7. The summed E-state index contributed by atoms with van der Waals surface area (Å²) in [6, 6.07) is 25.7. The zero-order chi connectivity index (χ0) is 15.9. The minimum atomic E-state index is 0. The molecule has 0 aliphatic carbocycles. The van der Waals surface area contributed by atoms with Crippen molar-refractivity contribution in [2.45, 2.75) is 13.8 Å². The van der Waals surface area contributed by atoms with Crippen LogP contribution in [0.25, 0.3) is 21.5 Å². The van der Waals surface area contributed by atoms with Crippen molar-refractivity contribution in [1.82, 2.24) is 0 Å². The minimum absolute atomic E-state index is 0. The van der Waals surface area contributed by atoms with E-state index < -0.39 is 0 Å². The fourth-order valence-corrected chi connectivity index (χ4v) is 2.61. The van der Waals surface area contributed by atoms with Crippen LogP contribution in [0.5, 0.6) is 0 Å². The standard InChI is InChI=1S/2C10H9.2CH3.Si.Ti/c2*1-8-6-9-4-2-3-5-10(9)7-8;;;;/h2*2-7H,1H3;2*1H3;;/q4*-1;;. The summed E-state index contributed by atoms with van der Waals surface area (Å²) in [5, 5.41) is 5.39. The molecule has 124 valence electrons. The van der Waals surface area contributed by atoms with Crippen LogP contribution >= 0.6 is 0 Å². The number of hydrogen-bond donors (Lipinski definition) is 0. The quantitative estimate of drug-likeness (QED) is 0.255. The summed E-state index contributed by atoms with van der Waals surface area (Å²) in [6.45, 7) is 4.25. The predicted octanol–water partition coefficient (Wildman–Crippen LogP) is 6.25. The van der Waals surface area contributed by atoms with E-state index in [1.54, 1.807) is 19.2 Å². The van der Waals surface area contributed by atoms with Gasteiger partial charge in [-0.1, -0.05) is 26.0 Å². The van der Waals surface area contributed by atoms with Crippen molar-refractivity contribution >= 4 is 29.2 Å². The van der Waals surface area contributed by atoms with E-state index in [4.69, 9.17) is 0 Å². The molecule has 0 atom stereocenters. The van der Waals surface area contributed by atoms with Crippen molar-refractivity contribution in [2.75, 3.05) is 0 Å². The van der Waals surface area contributed by atoms with E-state index in [1.807, 2.05) is 0 Å². The first-order valence-corrected chi connectivity index (χ1v) is 10.1. The van der Waals surface area contributed by atoms with E-state index in [0.717, 1.165) is 0 Å². The molecule has 4 aromatic carbocycles. The van der Waals surface area contributed by atoms with Crippen molar-refractivity contribution < 1.29 is 19.2 Å². The Hall–Kier alpha value is -1.41. The summed E-state index contributed by atoms with van der Waals surface area (Å²) >= 11 is 1.81. The monoisotopic (exact) mass is 364 g/mol. The van der Waals surface area contributed by atoms with Gasteiger partial charge in [0.25, 0.3) is 0 Å². The molecule has 0 spiro atoms. The van der Waals surface area contributed by atoms with Gasteiger partial charge in [-0.3, -0.25) is 0 Å². The summed E-state index contributed by atoms with van der Waals surface area (Å²) in [6.07, 6.45) is 0. The zero-order valence-corrected chi connectivity index (χ0v) is 17.5. The van der Waals surface area contributed by atoms with Crippen molar-refractivity contribution in [2.24, 2.45) is 0 Å². The number of hydrogen-bond acceptors (Lipinski definition) is 0. The van der Waals surface area contributed by atoms with Crippen LogP contribution in [0, 0.1) is 28.7 Å². The average molecular weight is 364 g/mol. The normalized spacial score (nSPS) is 8.88. The second-order valence-corrected chi connectivity index (χ2v) is 5.32. The number of aryl methyl sites for hydroxylation is 2. The van der Waals surface area contributed by atoms with Crippen LogP contribution in [0.15, 0.2) is 72.8 Å². The topological polar surface area (TPSA) is 0 Å². The van der Waals surface area contributed by atoms with E-state index in [2.05, 4.69) is 94.3 Å². The number of fused-ring (bicyclic) bond motifs is 2. The Balaban J connectivity index is 0.000000372. The van der Waals surface area contributed by atoms with E-state index in [-0.39, 0.29) is 14.9 Å². The molecule has 0 amide bonds. The molecule has 0 bridgehead atoms. The Kier molecular flexibility index (Phi) is 10.5. The summed E-state index contributed by atoms with van der Waals surface area (Å²) in [7, 11) is 2.97. The second-order valence-electron chi connectivity index (χ2n) is 5.32. The van der Waals surface area contributed by atoms with Gasteiger partial charge in [0.1, 0.15) is 0 Å². The van der Waals surface area contributed by atoms with Crippen LogP contribution < -0.4 is 0 Å². The first-order valence-electron chi connectivity index (χ1n) is 7.21. The fraction of sp³-hybridized carbons (Fsp3) is 0.0909. The van der Waals surface area contributed by atoms with E-state index >= 15 is 0 Å². The van der Waals surface area contributed by atoms with Gasteiger partial charge in [-0.05, 0) is 0 Å². The van der Waals surface area contributed by atoms with Gasteiger partial charge in [0.15, 0.2) is 0 Å². The number of benzene rings is 2. The van der Waals surface area contributed by atoms with Crippen molar-refractivity contribution in [3.05, 3.63) is 98.8 Å². The molecule has 0 nitrogen and oxygen atoms in total. The molecular weight excluding hydrogens is 340 g/mol. The maximum atomic E-state index is 2.97. The van der Waals surface area contributed by atoms with Crippen molar-refractivity contribution in [3.8, 4) is 0 Å². The Labute approximate surface area is 160 Å². The van der Waals surface area contributed by atoms with Gasteiger partial charge >= 0.3 is 26.8 Å². The molecule has 2 heteroatoms. The molecule has 0 saturated heterocycles. The van der Waals surface area contributed by atoms with Crippen molar-refractivity contribution in [1.29, 1.82) is 0 Å². The maximum absolute atomic E-state index is 2.97. The van der Waals surface area contributed by atoms with Gasteiger partial charge in [-0.2, -0.15) is 12.1 Å². The molecule has 0 heterocycles. The molecule has 0 fully saturated rings. The molecule has 4 aromatic rings. The third-order valence-electron chi connectivity index (χ3n) is 3.52. The van der Waals surface area contributed by atoms with E-state index in [1.165, 1.54) is 32.7 Å². The van der Waals surface area contributed by atoms with E-state index in [9.17, 15) is 0 Å². The van der Waals surface area contributed by atoms with Crippen LogP contribution in [-0.4, -0.2) is 7.63 Å². The zero-order valence-electron chi connectivity index (χ0n) is 14.9. The Morgan fingerprint density at radius 3 is 1.33 bits per heavy atom. The van der Waals surface area contributed by atoms with Gasteiger partial charge in [0.2, 0.25) is 0 Å². The molecule has 0 aliphatic heterocycles. The summed E-state index contributed by atoms with van der Waals surface area (Å²) in [5.74, 6) is 0. The van der Waals surface area contributed by atoms with E-state index in [0.29, 0.717) is 0 Å². The first kappa shape index (κ1) is 22.6. The van der Waals surface area contributed by atoms with Gasteiger partial charge in [-0.25, -0.2) is 0 Å². The van der Waals surface area contributed by atoms with Gasteiger partial charge < -0.3 is 14.9 Å². The van der Waals surface area contributed by atoms with Crippen LogP contribution in [0.2, 0.25) is 0 Å². The summed E-state index contributed by atoms with van der Waals surface area (Å²) < 4.78 is 0. The molecule has 0 saturated carbocycles. The molecule has 0 N–H and O–H groups in total. The Bertz CT molecular complexity index is 716. The Morgan fingerprint density at radius 1 is 0.667 bits per heavy atom. The average Bonchev–Trinajstić information content (AvgIpc) is 3.10. The summed E-state index contributed by atoms with van der Waals surface area (Å²) in [5.41, 5.74) is 2.70. The van der Waals surface area contributed by atoms with Crippen LogP contribution in [0.1, 0.15) is 11.1 Å². The van der Waals surface area contributed by atoms with Gasteiger partial charge in [0, 0.05) is 0 Å². The molecular formula is C22H24SiTi-4. The fourth-order valence-electron chi connectivity index (χ4n) is 2.61. The van der Waals surface area contributed by atoms with Gasteiger partial charge in [0.05, 0.1) is 0 Å².